The maximum Gasteiger partial charge on any atom is 0.249 e. The Morgan fingerprint density at radius 3 is 1.21 bits per heavy atom. The maximum atomic E-state index is 13.7. The first-order valence-electron chi connectivity index (χ1n) is 19.1. The van der Waals surface area contributed by atoms with Gasteiger partial charge in [0.1, 0.15) is 23.6 Å². The lowest BCUT2D eigenvalue weighted by atomic mass is 10.0. The van der Waals surface area contributed by atoms with Crippen molar-refractivity contribution in [3.8, 4) is 11.5 Å². The van der Waals surface area contributed by atoms with E-state index in [1.165, 1.54) is 0 Å². The summed E-state index contributed by atoms with van der Waals surface area (Å²) in [6.45, 7) is 4.14. The maximum absolute atomic E-state index is 13.7. The predicted octanol–water partition coefficient (Wildman–Crippen LogP) is 4.18. The first kappa shape index (κ1) is 41.4. The molecule has 4 amide bonds. The Morgan fingerprint density at radius 1 is 0.554 bits per heavy atom. The smallest absolute Gasteiger partial charge is 0.249 e. The van der Waals surface area contributed by atoms with Crippen molar-refractivity contribution in [2.24, 2.45) is 0 Å². The number of hydrogen-bond acceptors (Lipinski definition) is 8. The van der Waals surface area contributed by atoms with E-state index in [0.717, 1.165) is 37.3 Å². The average molecular weight is 763 g/mol. The molecule has 4 aromatic rings. The van der Waals surface area contributed by atoms with Crippen LogP contribution in [0.25, 0.3) is 0 Å². The van der Waals surface area contributed by atoms with Crippen LogP contribution in [0.4, 0.5) is 11.4 Å². The highest BCUT2D eigenvalue weighted by molar-refractivity contribution is 6.00. The molecule has 56 heavy (non-hydrogen) atoms. The fraction of sp³-hybridized carbons (Fsp3) is 0.364. The molecule has 0 spiro atoms. The van der Waals surface area contributed by atoms with Crippen LogP contribution in [0.5, 0.6) is 11.5 Å². The molecule has 1 fully saturated rings. The van der Waals surface area contributed by atoms with Gasteiger partial charge in [-0.15, -0.1) is 0 Å². The fourth-order valence-corrected chi connectivity index (χ4v) is 6.72. The molecule has 0 saturated carbocycles. The zero-order valence-electron chi connectivity index (χ0n) is 32.9. The van der Waals surface area contributed by atoms with Gasteiger partial charge in [-0.3, -0.25) is 19.2 Å². The minimum Gasteiger partial charge on any atom is -0.497 e. The number of nitrogens with one attached hydrogen (secondary N) is 2. The van der Waals surface area contributed by atoms with Crippen molar-refractivity contribution in [3.63, 3.8) is 0 Å². The van der Waals surface area contributed by atoms with E-state index < -0.39 is 12.1 Å². The van der Waals surface area contributed by atoms with Crippen LogP contribution in [0.1, 0.15) is 24.0 Å². The van der Waals surface area contributed by atoms with Gasteiger partial charge in [0.15, 0.2) is 0 Å². The highest BCUT2D eigenvalue weighted by Crippen LogP contribution is 2.21. The highest BCUT2D eigenvalue weighted by atomic mass is 16.5. The van der Waals surface area contributed by atoms with E-state index in [4.69, 9.17) is 9.47 Å². The number of anilines is 2. The molecular formula is C44H54N6O6. The van der Waals surface area contributed by atoms with Crippen molar-refractivity contribution in [2.75, 3.05) is 77.4 Å². The van der Waals surface area contributed by atoms with Crippen molar-refractivity contribution in [1.29, 1.82) is 0 Å². The van der Waals surface area contributed by atoms with E-state index in [-0.39, 0.29) is 36.5 Å². The Morgan fingerprint density at radius 2 is 0.893 bits per heavy atom. The van der Waals surface area contributed by atoms with Crippen LogP contribution in [-0.2, 0) is 32.0 Å². The van der Waals surface area contributed by atoms with Gasteiger partial charge < -0.3 is 39.7 Å². The van der Waals surface area contributed by atoms with Crippen LogP contribution < -0.4 is 29.9 Å². The summed E-state index contributed by atoms with van der Waals surface area (Å²) in [6.07, 6.45) is 1.27. The molecule has 0 bridgehead atoms. The van der Waals surface area contributed by atoms with Crippen molar-refractivity contribution < 1.29 is 28.7 Å². The Kier molecular flexibility index (Phi) is 15.4. The first-order chi connectivity index (χ1) is 27.1. The summed E-state index contributed by atoms with van der Waals surface area (Å²) >= 11 is 0. The number of ether oxygens (including phenoxy) is 2. The number of nitrogens with zero attached hydrogens (tertiary/aromatic N) is 4. The quantitative estimate of drug-likeness (QED) is 0.155. The molecular weight excluding hydrogens is 709 g/mol. The topological polar surface area (TPSA) is 124 Å². The molecule has 12 heteroatoms. The van der Waals surface area contributed by atoms with Crippen LogP contribution in [0.3, 0.4) is 0 Å². The predicted molar refractivity (Wildman–Crippen MR) is 219 cm³/mol. The van der Waals surface area contributed by atoms with Crippen molar-refractivity contribution in [2.45, 2.75) is 37.8 Å². The third-order valence-corrected chi connectivity index (χ3v) is 10.2. The van der Waals surface area contributed by atoms with E-state index in [9.17, 15) is 19.2 Å². The van der Waals surface area contributed by atoms with E-state index in [0.29, 0.717) is 48.8 Å². The molecule has 12 nitrogen and oxygen atoms in total. The zero-order chi connectivity index (χ0) is 39.9. The molecule has 0 aliphatic carbocycles. The molecule has 5 rings (SSSR count). The number of rotatable bonds is 18. The van der Waals surface area contributed by atoms with Crippen LogP contribution in [-0.4, -0.2) is 113 Å². The molecule has 0 unspecified atom stereocenters. The fourth-order valence-electron chi connectivity index (χ4n) is 6.72. The number of hydrogen-bond donors (Lipinski definition) is 2. The standard InChI is InChI=1S/C44H54N6O6/c1-47(35-15-19-37(55-3)20-16-35)43(53)39(31-33-11-7-5-8-12-33)45-41(51)23-25-49-27-29-50(30-28-49)26-24-42(52)46-40(32-34-13-9-6-10-14-34)44(54)48(2)36-17-21-38(56-4)22-18-36/h5-22,39-40H,23-32H2,1-4H3,(H,45,51)(H,46,52)/t39-,40-/m0/s1. The van der Waals surface area contributed by atoms with Crippen molar-refractivity contribution in [1.82, 2.24) is 20.4 Å². The summed E-state index contributed by atoms with van der Waals surface area (Å²) in [6, 6.07) is 32.4. The van der Waals surface area contributed by atoms with Gasteiger partial charge in [-0.1, -0.05) is 60.7 Å². The number of likely N-dealkylation sites (N-methyl/N-ethyl adjacent to an activating group) is 2. The second-order valence-electron chi connectivity index (χ2n) is 14.0. The number of benzene rings is 4. The number of piperazine rings is 1. The number of amides is 4. The molecule has 0 radical (unpaired) electrons. The van der Waals surface area contributed by atoms with E-state index in [1.807, 2.05) is 84.9 Å². The van der Waals surface area contributed by atoms with Crippen LogP contribution in [0.2, 0.25) is 0 Å². The summed E-state index contributed by atoms with van der Waals surface area (Å²) in [5.74, 6) is 0.620. The largest absolute Gasteiger partial charge is 0.497 e. The Balaban J connectivity index is 1.09. The normalized spacial score (nSPS) is 14.2. The zero-order valence-corrected chi connectivity index (χ0v) is 32.9. The molecule has 1 saturated heterocycles. The SMILES string of the molecule is COc1ccc(N(C)C(=O)[C@H](Cc2ccccc2)NC(=O)CCN2CCN(CCC(=O)N[C@@H](Cc3ccccc3)C(=O)N(C)c3ccc(OC)cc3)CC2)cc1. The minimum absolute atomic E-state index is 0.182. The molecule has 4 aromatic carbocycles. The molecule has 2 atom stereocenters. The van der Waals surface area contributed by atoms with Gasteiger partial charge in [-0.2, -0.15) is 0 Å². The molecule has 0 aromatic heterocycles. The van der Waals surface area contributed by atoms with Gasteiger partial charge in [0.05, 0.1) is 14.2 Å². The third-order valence-electron chi connectivity index (χ3n) is 10.2. The Hall–Kier alpha value is -5.72. The van der Waals surface area contributed by atoms with Gasteiger partial charge >= 0.3 is 0 Å². The Bertz CT molecular complexity index is 1710. The lowest BCUT2D eigenvalue weighted by Gasteiger charge is -2.34. The summed E-state index contributed by atoms with van der Waals surface area (Å²) in [7, 11) is 6.61. The van der Waals surface area contributed by atoms with Gasteiger partial charge in [-0.25, -0.2) is 0 Å². The molecule has 2 N–H and O–H groups in total. The molecule has 1 heterocycles. The van der Waals surface area contributed by atoms with Crippen LogP contribution >= 0.6 is 0 Å². The average Bonchev–Trinajstić information content (AvgIpc) is 3.24. The van der Waals surface area contributed by atoms with E-state index >= 15 is 0 Å². The van der Waals surface area contributed by atoms with Crippen molar-refractivity contribution >= 4 is 35.0 Å². The highest BCUT2D eigenvalue weighted by Gasteiger charge is 2.28. The number of carbonyl (C=O) groups is 4. The summed E-state index contributed by atoms with van der Waals surface area (Å²) < 4.78 is 10.5. The van der Waals surface area contributed by atoms with Gasteiger partial charge in [0.2, 0.25) is 23.6 Å². The van der Waals surface area contributed by atoms with Gasteiger partial charge in [0.25, 0.3) is 0 Å². The lowest BCUT2D eigenvalue weighted by molar-refractivity contribution is -0.127. The van der Waals surface area contributed by atoms with Crippen LogP contribution in [0, 0.1) is 0 Å². The van der Waals surface area contributed by atoms with Crippen molar-refractivity contribution in [3.05, 3.63) is 120 Å². The van der Waals surface area contributed by atoms with E-state index in [1.54, 1.807) is 62.4 Å². The molecule has 296 valence electrons. The second kappa shape index (κ2) is 20.8. The van der Waals surface area contributed by atoms with E-state index in [2.05, 4.69) is 20.4 Å². The first-order valence-corrected chi connectivity index (χ1v) is 19.1. The monoisotopic (exact) mass is 762 g/mol. The van der Waals surface area contributed by atoms with Crippen LogP contribution in [0.15, 0.2) is 109 Å². The summed E-state index contributed by atoms with van der Waals surface area (Å²) in [4.78, 5) is 61.5. The third kappa shape index (κ3) is 12.1. The van der Waals surface area contributed by atoms with Gasteiger partial charge in [0, 0.05) is 90.4 Å². The Labute approximate surface area is 330 Å². The minimum atomic E-state index is -0.731. The molecule has 1 aliphatic rings. The summed E-state index contributed by atoms with van der Waals surface area (Å²) in [5.41, 5.74) is 3.32. The summed E-state index contributed by atoms with van der Waals surface area (Å²) in [5, 5.41) is 6.02. The second-order valence-corrected chi connectivity index (χ2v) is 14.0. The lowest BCUT2D eigenvalue weighted by Crippen LogP contribution is -2.51. The molecule has 1 aliphatic heterocycles. The number of methoxy groups -OCH3 is 2. The number of carbonyl (C=O) groups excluding carboxylic acids is 4. The van der Waals surface area contributed by atoms with Gasteiger partial charge in [-0.05, 0) is 59.7 Å².